The molecular formula is C31H27Cl2NO5. The lowest BCUT2D eigenvalue weighted by Gasteiger charge is -2.23. The van der Waals surface area contributed by atoms with Crippen LogP contribution in [0.5, 0.6) is 11.5 Å². The molecule has 1 unspecified atom stereocenters. The first-order chi connectivity index (χ1) is 19.0. The Morgan fingerprint density at radius 1 is 0.744 bits per heavy atom. The van der Waals surface area contributed by atoms with Gasteiger partial charge in [-0.15, -0.1) is 0 Å². The van der Waals surface area contributed by atoms with Crippen molar-refractivity contribution < 1.29 is 23.8 Å². The number of hydrogen-bond donors (Lipinski definition) is 1. The molecule has 0 saturated heterocycles. The average molecular weight is 564 g/mol. The predicted octanol–water partition coefficient (Wildman–Crippen LogP) is 7.19. The van der Waals surface area contributed by atoms with E-state index >= 15 is 0 Å². The van der Waals surface area contributed by atoms with Crippen molar-refractivity contribution >= 4 is 35.1 Å². The minimum Gasteiger partial charge on any atom is -0.485 e. The summed E-state index contributed by atoms with van der Waals surface area (Å²) < 4.78 is 17.7. The van der Waals surface area contributed by atoms with Gasteiger partial charge >= 0.3 is 5.97 Å². The van der Waals surface area contributed by atoms with Gasteiger partial charge in [0.2, 0.25) is 0 Å². The fourth-order valence-corrected chi connectivity index (χ4v) is 4.24. The second kappa shape index (κ2) is 13.7. The van der Waals surface area contributed by atoms with E-state index in [4.69, 9.17) is 37.4 Å². The molecule has 8 heteroatoms. The van der Waals surface area contributed by atoms with Gasteiger partial charge in [-0.05, 0) is 37.3 Å². The molecule has 0 heterocycles. The van der Waals surface area contributed by atoms with E-state index in [2.05, 4.69) is 5.32 Å². The smallest absolute Gasteiger partial charge is 0.333 e. The minimum atomic E-state index is -1.16. The Bertz CT molecular complexity index is 1430. The van der Waals surface area contributed by atoms with Crippen molar-refractivity contribution in [2.24, 2.45) is 0 Å². The van der Waals surface area contributed by atoms with Crippen LogP contribution in [0.3, 0.4) is 0 Å². The van der Waals surface area contributed by atoms with Gasteiger partial charge in [-0.25, -0.2) is 4.79 Å². The molecule has 1 atom stereocenters. The first-order valence-electron chi connectivity index (χ1n) is 12.4. The standard InChI is InChI=1S/C31H27Cl2NO5/c1-2-37-31(36)28(34-30(35)21-11-4-3-5-12-21)24-15-10-18-27(38-19-22-13-6-8-16-25(22)32)29(24)39-20-23-14-7-9-17-26(23)33/h3-18,28H,2,19-20H2,1H3,(H,34,35). The molecule has 0 aliphatic carbocycles. The Morgan fingerprint density at radius 2 is 1.33 bits per heavy atom. The number of amides is 1. The SMILES string of the molecule is CCOC(=O)C(NC(=O)c1ccccc1)c1cccc(OCc2ccccc2Cl)c1OCc1ccccc1Cl. The van der Waals surface area contributed by atoms with Crippen molar-refractivity contribution in [3.05, 3.63) is 129 Å². The number of halogens is 2. The van der Waals surface area contributed by atoms with Gasteiger partial charge in [-0.3, -0.25) is 4.79 Å². The monoisotopic (exact) mass is 563 g/mol. The summed E-state index contributed by atoms with van der Waals surface area (Å²) >= 11 is 12.7. The first-order valence-corrected chi connectivity index (χ1v) is 13.1. The summed E-state index contributed by atoms with van der Waals surface area (Å²) in [6.07, 6.45) is 0. The summed E-state index contributed by atoms with van der Waals surface area (Å²) in [4.78, 5) is 26.2. The van der Waals surface area contributed by atoms with E-state index in [1.54, 1.807) is 67.6 Å². The van der Waals surface area contributed by atoms with Gasteiger partial charge in [0.1, 0.15) is 13.2 Å². The zero-order valence-electron chi connectivity index (χ0n) is 21.2. The largest absolute Gasteiger partial charge is 0.485 e. The number of carbonyl (C=O) groups excluding carboxylic acids is 2. The van der Waals surface area contributed by atoms with E-state index < -0.39 is 17.9 Å². The molecule has 0 bridgehead atoms. The fourth-order valence-electron chi connectivity index (χ4n) is 3.86. The van der Waals surface area contributed by atoms with Gasteiger partial charge < -0.3 is 19.5 Å². The third-order valence-corrected chi connectivity index (χ3v) is 6.56. The van der Waals surface area contributed by atoms with Gasteiger partial charge in [-0.2, -0.15) is 0 Å². The number of ether oxygens (including phenoxy) is 3. The van der Waals surface area contributed by atoms with Gasteiger partial charge in [-0.1, -0.05) is 89.9 Å². The summed E-state index contributed by atoms with van der Waals surface area (Å²) in [5.41, 5.74) is 2.30. The molecule has 39 heavy (non-hydrogen) atoms. The zero-order valence-corrected chi connectivity index (χ0v) is 22.7. The van der Waals surface area contributed by atoms with E-state index in [1.807, 2.05) is 36.4 Å². The summed E-state index contributed by atoms with van der Waals surface area (Å²) in [7, 11) is 0. The Kier molecular flexibility index (Phi) is 9.84. The molecule has 0 aliphatic rings. The number of rotatable bonds is 11. The summed E-state index contributed by atoms with van der Waals surface area (Å²) in [6.45, 7) is 2.09. The van der Waals surface area contributed by atoms with E-state index in [-0.39, 0.29) is 25.6 Å². The third kappa shape index (κ3) is 7.31. The van der Waals surface area contributed by atoms with Crippen LogP contribution in [-0.4, -0.2) is 18.5 Å². The van der Waals surface area contributed by atoms with Crippen molar-refractivity contribution in [3.63, 3.8) is 0 Å². The van der Waals surface area contributed by atoms with Crippen molar-refractivity contribution in [1.82, 2.24) is 5.32 Å². The average Bonchev–Trinajstić information content (AvgIpc) is 2.95. The highest BCUT2D eigenvalue weighted by Crippen LogP contribution is 2.37. The van der Waals surface area contributed by atoms with E-state index in [0.29, 0.717) is 26.9 Å². The number of nitrogens with one attached hydrogen (secondary N) is 1. The molecule has 0 aromatic heterocycles. The molecule has 4 aromatic carbocycles. The first kappa shape index (κ1) is 28.0. The van der Waals surface area contributed by atoms with E-state index in [9.17, 15) is 9.59 Å². The quantitative estimate of drug-likeness (QED) is 0.195. The highest BCUT2D eigenvalue weighted by Gasteiger charge is 2.29. The van der Waals surface area contributed by atoms with Crippen LogP contribution in [0.25, 0.3) is 0 Å². The molecule has 0 saturated carbocycles. The second-order valence-corrected chi connectivity index (χ2v) is 9.27. The van der Waals surface area contributed by atoms with Crippen molar-refractivity contribution in [2.75, 3.05) is 6.61 Å². The summed E-state index contributed by atoms with van der Waals surface area (Å²) in [5.74, 6) is -0.431. The second-order valence-electron chi connectivity index (χ2n) is 8.46. The Morgan fingerprint density at radius 3 is 1.95 bits per heavy atom. The number of esters is 1. The van der Waals surface area contributed by atoms with Crippen molar-refractivity contribution in [3.8, 4) is 11.5 Å². The molecule has 1 N–H and O–H groups in total. The highest BCUT2D eigenvalue weighted by atomic mass is 35.5. The van der Waals surface area contributed by atoms with Crippen LogP contribution in [0, 0.1) is 0 Å². The molecule has 4 aromatic rings. The Balaban J connectivity index is 1.72. The number of carbonyl (C=O) groups is 2. The molecule has 6 nitrogen and oxygen atoms in total. The maximum atomic E-state index is 13.2. The van der Waals surface area contributed by atoms with E-state index in [1.165, 1.54) is 0 Å². The van der Waals surface area contributed by atoms with Crippen LogP contribution < -0.4 is 14.8 Å². The number of para-hydroxylation sites is 1. The van der Waals surface area contributed by atoms with E-state index in [0.717, 1.165) is 11.1 Å². The summed E-state index contributed by atoms with van der Waals surface area (Å²) in [5, 5.41) is 3.89. The fraction of sp³-hybridized carbons (Fsp3) is 0.161. The van der Waals surface area contributed by atoms with Crippen LogP contribution in [0.1, 0.15) is 40.0 Å². The molecular weight excluding hydrogens is 537 g/mol. The third-order valence-electron chi connectivity index (χ3n) is 5.82. The number of hydrogen-bond acceptors (Lipinski definition) is 5. The Labute approximate surface area is 237 Å². The lowest BCUT2D eigenvalue weighted by atomic mass is 10.0. The zero-order chi connectivity index (χ0) is 27.6. The molecule has 1 amide bonds. The molecule has 0 spiro atoms. The highest BCUT2D eigenvalue weighted by molar-refractivity contribution is 6.31. The van der Waals surface area contributed by atoms with Crippen molar-refractivity contribution in [2.45, 2.75) is 26.2 Å². The van der Waals surface area contributed by atoms with Crippen LogP contribution in [0.2, 0.25) is 10.0 Å². The van der Waals surface area contributed by atoms with Gasteiger partial charge in [0, 0.05) is 32.3 Å². The molecule has 0 radical (unpaired) electrons. The predicted molar refractivity (Wildman–Crippen MR) is 151 cm³/mol. The lowest BCUT2D eigenvalue weighted by molar-refractivity contribution is -0.145. The van der Waals surface area contributed by atoms with Gasteiger partial charge in [0.15, 0.2) is 17.5 Å². The molecule has 0 fully saturated rings. The van der Waals surface area contributed by atoms with Gasteiger partial charge in [0.05, 0.1) is 6.61 Å². The molecule has 200 valence electrons. The van der Waals surface area contributed by atoms with Gasteiger partial charge in [0.25, 0.3) is 5.91 Å². The minimum absolute atomic E-state index is 0.0985. The number of benzene rings is 4. The van der Waals surface area contributed by atoms with Crippen LogP contribution in [0.4, 0.5) is 0 Å². The van der Waals surface area contributed by atoms with Crippen LogP contribution >= 0.6 is 23.2 Å². The lowest BCUT2D eigenvalue weighted by Crippen LogP contribution is -2.35. The Hall–Kier alpha value is -4.00. The topological polar surface area (TPSA) is 73.9 Å². The normalized spacial score (nSPS) is 11.4. The van der Waals surface area contributed by atoms with Crippen LogP contribution in [0.15, 0.2) is 97.1 Å². The van der Waals surface area contributed by atoms with Crippen molar-refractivity contribution in [1.29, 1.82) is 0 Å². The molecule has 4 rings (SSSR count). The maximum Gasteiger partial charge on any atom is 0.333 e. The maximum absolute atomic E-state index is 13.2. The summed E-state index contributed by atoms with van der Waals surface area (Å²) in [6, 6.07) is 27.2. The molecule has 0 aliphatic heterocycles. The van der Waals surface area contributed by atoms with Crippen LogP contribution in [-0.2, 0) is 22.7 Å².